The zero-order valence-corrected chi connectivity index (χ0v) is 18.7. The number of carbonyl (C=O) groups is 2. The lowest BCUT2D eigenvalue weighted by Crippen LogP contribution is -2.56. The van der Waals surface area contributed by atoms with Crippen LogP contribution in [0.3, 0.4) is 0 Å². The van der Waals surface area contributed by atoms with Gasteiger partial charge in [-0.25, -0.2) is 13.6 Å². The van der Waals surface area contributed by atoms with E-state index in [4.69, 9.17) is 0 Å². The lowest BCUT2D eigenvalue weighted by Gasteiger charge is -2.41. The zero-order valence-electron chi connectivity index (χ0n) is 18.7. The van der Waals surface area contributed by atoms with Crippen molar-refractivity contribution in [2.24, 2.45) is 0 Å². The van der Waals surface area contributed by atoms with Gasteiger partial charge >= 0.3 is 6.03 Å². The van der Waals surface area contributed by atoms with Crippen molar-refractivity contribution in [1.82, 2.24) is 19.7 Å². The van der Waals surface area contributed by atoms with Gasteiger partial charge in [0, 0.05) is 48.2 Å². The number of urea groups is 1. The van der Waals surface area contributed by atoms with Crippen molar-refractivity contribution in [3.8, 4) is 0 Å². The molecular formula is C23H30F2N4O2. The molecule has 0 aliphatic carbocycles. The molecule has 1 atom stereocenters. The summed E-state index contributed by atoms with van der Waals surface area (Å²) in [4.78, 5) is 29.3. The van der Waals surface area contributed by atoms with E-state index in [-0.39, 0.29) is 30.1 Å². The summed E-state index contributed by atoms with van der Waals surface area (Å²) >= 11 is 0. The Hall–Kier alpha value is -2.90. The van der Waals surface area contributed by atoms with Crippen molar-refractivity contribution in [3.05, 3.63) is 59.4 Å². The molecule has 3 rings (SSSR count). The number of nitrogens with one attached hydrogen (secondary N) is 1. The lowest BCUT2D eigenvalue weighted by molar-refractivity contribution is -0.135. The van der Waals surface area contributed by atoms with Gasteiger partial charge in [0.25, 0.3) is 0 Å². The van der Waals surface area contributed by atoms with E-state index < -0.39 is 23.2 Å². The highest BCUT2D eigenvalue weighted by molar-refractivity contribution is 5.85. The van der Waals surface area contributed by atoms with Gasteiger partial charge in [-0.15, -0.1) is 0 Å². The number of hydrogen-bond acceptors (Lipinski definition) is 2. The van der Waals surface area contributed by atoms with Crippen LogP contribution in [0.5, 0.6) is 0 Å². The van der Waals surface area contributed by atoms with E-state index in [0.29, 0.717) is 13.1 Å². The fourth-order valence-corrected chi connectivity index (χ4v) is 3.87. The Morgan fingerprint density at radius 2 is 1.90 bits per heavy atom. The Bertz CT molecular complexity index is 965. The Balaban J connectivity index is 1.95. The van der Waals surface area contributed by atoms with Crippen molar-refractivity contribution in [2.75, 3.05) is 13.1 Å². The summed E-state index contributed by atoms with van der Waals surface area (Å²) in [7, 11) is 0. The first-order chi connectivity index (χ1) is 14.5. The minimum atomic E-state index is -0.706. The smallest absolute Gasteiger partial charge is 0.318 e. The maximum absolute atomic E-state index is 14.7. The highest BCUT2D eigenvalue weighted by atomic mass is 19.1. The normalized spacial score (nSPS) is 16.3. The molecule has 1 N–H and O–H groups in total. The third-order valence-electron chi connectivity index (χ3n) is 5.38. The van der Waals surface area contributed by atoms with Crippen LogP contribution >= 0.6 is 0 Å². The SMILES string of the molecule is CC(C)NC(=O)N(CC(=O)N1CCn2cccc2C1c1ccc(F)cc1F)C(C)(C)C. The van der Waals surface area contributed by atoms with Crippen molar-refractivity contribution in [3.63, 3.8) is 0 Å². The van der Waals surface area contributed by atoms with Crippen molar-refractivity contribution in [2.45, 2.75) is 58.8 Å². The molecular weight excluding hydrogens is 402 g/mol. The number of nitrogens with zero attached hydrogens (tertiary/aromatic N) is 3. The number of halogens is 2. The second-order valence-corrected chi connectivity index (χ2v) is 9.14. The van der Waals surface area contributed by atoms with E-state index in [1.807, 2.05) is 57.5 Å². The number of aromatic nitrogens is 1. The number of rotatable bonds is 4. The number of hydrogen-bond donors (Lipinski definition) is 1. The molecule has 6 nitrogen and oxygen atoms in total. The molecule has 168 valence electrons. The Kier molecular flexibility index (Phi) is 6.38. The minimum Gasteiger partial charge on any atom is -0.348 e. The monoisotopic (exact) mass is 432 g/mol. The molecule has 0 radical (unpaired) electrons. The third kappa shape index (κ3) is 4.89. The largest absolute Gasteiger partial charge is 0.348 e. The van der Waals surface area contributed by atoms with Crippen molar-refractivity contribution < 1.29 is 18.4 Å². The predicted octanol–water partition coefficient (Wildman–Crippen LogP) is 3.92. The molecule has 1 aromatic carbocycles. The summed E-state index contributed by atoms with van der Waals surface area (Å²) in [5.74, 6) is -1.67. The molecule has 31 heavy (non-hydrogen) atoms. The quantitative estimate of drug-likeness (QED) is 0.796. The molecule has 2 aromatic rings. The van der Waals surface area contributed by atoms with Gasteiger partial charge in [-0.1, -0.05) is 6.07 Å². The van der Waals surface area contributed by atoms with Gasteiger partial charge in [0.2, 0.25) is 5.91 Å². The number of benzene rings is 1. The topological polar surface area (TPSA) is 57.6 Å². The fourth-order valence-electron chi connectivity index (χ4n) is 3.87. The molecule has 8 heteroatoms. The summed E-state index contributed by atoms with van der Waals surface area (Å²) in [5, 5.41) is 2.84. The summed E-state index contributed by atoms with van der Waals surface area (Å²) in [5.41, 5.74) is 0.378. The fraction of sp³-hybridized carbons (Fsp3) is 0.478. The van der Waals surface area contributed by atoms with Crippen molar-refractivity contribution in [1.29, 1.82) is 0 Å². The van der Waals surface area contributed by atoms with Crippen LogP contribution in [0.2, 0.25) is 0 Å². The Labute approximate surface area is 181 Å². The molecule has 0 bridgehead atoms. The standard InChI is InChI=1S/C23H30F2N4O2/c1-15(2)26-22(31)29(23(3,4)5)14-20(30)28-12-11-27-10-6-7-19(27)21(28)17-9-8-16(24)13-18(17)25/h6-10,13,15,21H,11-12,14H2,1-5H3,(H,26,31). The summed E-state index contributed by atoms with van der Waals surface area (Å²) in [6.07, 6.45) is 1.88. The van der Waals surface area contributed by atoms with Gasteiger partial charge in [-0.3, -0.25) is 4.79 Å². The average Bonchev–Trinajstić information content (AvgIpc) is 3.12. The molecule has 0 saturated carbocycles. The van der Waals surface area contributed by atoms with E-state index in [0.717, 1.165) is 11.8 Å². The highest BCUT2D eigenvalue weighted by Gasteiger charge is 2.37. The first kappa shape index (κ1) is 22.8. The van der Waals surface area contributed by atoms with E-state index in [1.54, 1.807) is 4.90 Å². The van der Waals surface area contributed by atoms with Crippen LogP contribution in [-0.2, 0) is 11.3 Å². The second-order valence-electron chi connectivity index (χ2n) is 9.14. The molecule has 0 fully saturated rings. The van der Waals surface area contributed by atoms with Crippen LogP contribution in [0.1, 0.15) is 51.9 Å². The lowest BCUT2D eigenvalue weighted by atomic mass is 9.98. The van der Waals surface area contributed by atoms with Crippen LogP contribution < -0.4 is 5.32 Å². The Morgan fingerprint density at radius 3 is 2.52 bits per heavy atom. The number of carbonyl (C=O) groups excluding carboxylic acids is 2. The average molecular weight is 433 g/mol. The summed E-state index contributed by atoms with van der Waals surface area (Å²) < 4.78 is 30.2. The molecule has 3 amide bonds. The second kappa shape index (κ2) is 8.69. The number of amides is 3. The van der Waals surface area contributed by atoms with E-state index in [9.17, 15) is 18.4 Å². The molecule has 1 unspecified atom stereocenters. The number of fused-ring (bicyclic) bond motifs is 1. The van der Waals surface area contributed by atoms with Gasteiger partial charge in [-0.05, 0) is 52.8 Å². The molecule has 1 aliphatic rings. The van der Waals surface area contributed by atoms with Crippen LogP contribution in [0.15, 0.2) is 36.5 Å². The van der Waals surface area contributed by atoms with Gasteiger partial charge in [0.15, 0.2) is 0 Å². The zero-order chi connectivity index (χ0) is 22.9. The highest BCUT2D eigenvalue weighted by Crippen LogP contribution is 2.34. The predicted molar refractivity (Wildman–Crippen MR) is 114 cm³/mol. The van der Waals surface area contributed by atoms with Crippen LogP contribution in [0, 0.1) is 11.6 Å². The minimum absolute atomic E-state index is 0.0771. The molecule has 0 saturated heterocycles. The van der Waals surface area contributed by atoms with E-state index in [1.165, 1.54) is 17.0 Å². The van der Waals surface area contributed by atoms with Crippen LogP contribution in [0.25, 0.3) is 0 Å². The molecule has 0 spiro atoms. The van der Waals surface area contributed by atoms with Gasteiger partial charge in [-0.2, -0.15) is 0 Å². The molecule has 2 heterocycles. The maximum atomic E-state index is 14.7. The first-order valence-corrected chi connectivity index (χ1v) is 10.5. The maximum Gasteiger partial charge on any atom is 0.318 e. The molecule has 1 aromatic heterocycles. The van der Waals surface area contributed by atoms with E-state index >= 15 is 0 Å². The van der Waals surface area contributed by atoms with Crippen LogP contribution in [-0.4, -0.2) is 51.0 Å². The van der Waals surface area contributed by atoms with E-state index in [2.05, 4.69) is 5.32 Å². The van der Waals surface area contributed by atoms with Gasteiger partial charge < -0.3 is 19.7 Å². The van der Waals surface area contributed by atoms with Gasteiger partial charge in [0.05, 0.1) is 0 Å². The third-order valence-corrected chi connectivity index (χ3v) is 5.38. The van der Waals surface area contributed by atoms with Gasteiger partial charge in [0.1, 0.15) is 24.2 Å². The van der Waals surface area contributed by atoms with Crippen molar-refractivity contribution >= 4 is 11.9 Å². The first-order valence-electron chi connectivity index (χ1n) is 10.5. The summed E-state index contributed by atoms with van der Waals surface area (Å²) in [6.45, 7) is 10.0. The Morgan fingerprint density at radius 1 is 1.19 bits per heavy atom. The molecule has 1 aliphatic heterocycles. The van der Waals surface area contributed by atoms with Crippen LogP contribution in [0.4, 0.5) is 13.6 Å². The summed E-state index contributed by atoms with van der Waals surface area (Å²) in [6, 6.07) is 5.97.